The van der Waals surface area contributed by atoms with Crippen LogP contribution in [0.3, 0.4) is 0 Å². The molecular weight excluding hydrogens is 481 g/mol. The minimum Gasteiger partial charge on any atom is -0.491 e. The van der Waals surface area contributed by atoms with Crippen LogP contribution < -0.4 is 4.74 Å². The van der Waals surface area contributed by atoms with E-state index in [0.717, 1.165) is 24.8 Å². The van der Waals surface area contributed by atoms with E-state index >= 15 is 8.78 Å². The van der Waals surface area contributed by atoms with Crippen LogP contribution in [0.25, 0.3) is 27.8 Å². The zero-order chi connectivity index (χ0) is 25.7. The number of benzene rings is 3. The number of hydrogen-bond donors (Lipinski definition) is 0. The average molecular weight is 513 g/mol. The van der Waals surface area contributed by atoms with Crippen LogP contribution in [0.5, 0.6) is 5.75 Å². The third kappa shape index (κ3) is 5.64. The summed E-state index contributed by atoms with van der Waals surface area (Å²) in [5, 5.41) is -0.0383. The Labute approximate surface area is 217 Å². The molecule has 3 aromatic rings. The van der Waals surface area contributed by atoms with Crippen LogP contribution in [0, 0.1) is 23.4 Å². The highest BCUT2D eigenvalue weighted by atomic mass is 35.5. The van der Waals surface area contributed by atoms with Crippen molar-refractivity contribution in [3.05, 3.63) is 82.6 Å². The van der Waals surface area contributed by atoms with E-state index in [9.17, 15) is 4.39 Å². The average Bonchev–Trinajstić information content (AvgIpc) is 2.90. The van der Waals surface area contributed by atoms with Crippen molar-refractivity contribution < 1.29 is 17.9 Å². The standard InChI is InChI=1S/C31H32ClF3O/c1-3-5-6-7-20-8-10-22(11-9-20)25-16-17-26(30(34)29(25)33)23-14-12-21(13-15-23)24-18-19-27(36-4-2)31(35)28(24)32/h10,12-20H,3-9,11H2,1-2H3. The van der Waals surface area contributed by atoms with Crippen molar-refractivity contribution >= 4 is 17.2 Å². The minimum absolute atomic E-state index is 0.0383. The first-order valence-corrected chi connectivity index (χ1v) is 13.2. The van der Waals surface area contributed by atoms with Gasteiger partial charge in [0.25, 0.3) is 0 Å². The van der Waals surface area contributed by atoms with Gasteiger partial charge in [0.15, 0.2) is 23.2 Å². The summed E-state index contributed by atoms with van der Waals surface area (Å²) in [5.41, 5.74) is 3.16. The first-order valence-electron chi connectivity index (χ1n) is 12.8. The molecule has 1 nitrogen and oxygen atoms in total. The molecule has 190 valence electrons. The summed E-state index contributed by atoms with van der Waals surface area (Å²) in [6, 6.07) is 13.4. The van der Waals surface area contributed by atoms with Gasteiger partial charge in [-0.25, -0.2) is 13.2 Å². The molecule has 4 rings (SSSR count). The third-order valence-corrected chi connectivity index (χ3v) is 7.39. The molecule has 1 atom stereocenters. The quantitative estimate of drug-likeness (QED) is 0.259. The largest absolute Gasteiger partial charge is 0.491 e. The first kappa shape index (κ1) is 26.3. The Morgan fingerprint density at radius 1 is 0.806 bits per heavy atom. The second-order valence-corrected chi connectivity index (χ2v) is 9.78. The molecule has 0 aliphatic heterocycles. The Morgan fingerprint density at radius 2 is 1.44 bits per heavy atom. The number of unbranched alkanes of at least 4 members (excludes halogenated alkanes) is 2. The predicted octanol–water partition coefficient (Wildman–Crippen LogP) is 10.3. The van der Waals surface area contributed by atoms with E-state index in [0.29, 0.717) is 34.8 Å². The van der Waals surface area contributed by atoms with Crippen molar-refractivity contribution in [2.45, 2.75) is 58.8 Å². The molecule has 0 aromatic heterocycles. The number of hydrogen-bond acceptors (Lipinski definition) is 1. The van der Waals surface area contributed by atoms with Gasteiger partial charge in [-0.2, -0.15) is 0 Å². The molecule has 1 aliphatic carbocycles. The molecule has 0 heterocycles. The Kier molecular flexibility index (Phi) is 8.79. The lowest BCUT2D eigenvalue weighted by Crippen LogP contribution is -2.07. The summed E-state index contributed by atoms with van der Waals surface area (Å²) < 4.78 is 50.0. The van der Waals surface area contributed by atoms with E-state index in [-0.39, 0.29) is 16.3 Å². The van der Waals surface area contributed by atoms with Crippen LogP contribution in [0.1, 0.15) is 64.4 Å². The predicted molar refractivity (Wildman–Crippen MR) is 143 cm³/mol. The fourth-order valence-electron chi connectivity index (χ4n) is 4.95. The van der Waals surface area contributed by atoms with Gasteiger partial charge in [0, 0.05) is 16.7 Å². The van der Waals surface area contributed by atoms with Crippen molar-refractivity contribution in [1.82, 2.24) is 0 Å². The fraction of sp³-hybridized carbons (Fsp3) is 0.355. The molecule has 5 heteroatoms. The molecule has 1 unspecified atom stereocenters. The van der Waals surface area contributed by atoms with Crippen LogP contribution in [-0.2, 0) is 0 Å². The Morgan fingerprint density at radius 3 is 2.08 bits per heavy atom. The van der Waals surface area contributed by atoms with Crippen molar-refractivity contribution in [1.29, 1.82) is 0 Å². The molecule has 0 spiro atoms. The molecule has 0 amide bonds. The maximum Gasteiger partial charge on any atom is 0.184 e. The highest BCUT2D eigenvalue weighted by Gasteiger charge is 2.21. The number of rotatable bonds is 9. The van der Waals surface area contributed by atoms with Crippen molar-refractivity contribution in [3.63, 3.8) is 0 Å². The smallest absolute Gasteiger partial charge is 0.184 e. The Bertz CT molecular complexity index is 1230. The normalized spacial score (nSPS) is 15.6. The Balaban J connectivity index is 1.53. The lowest BCUT2D eigenvalue weighted by Gasteiger charge is -2.22. The fourth-order valence-corrected chi connectivity index (χ4v) is 5.21. The summed E-state index contributed by atoms with van der Waals surface area (Å²) in [7, 11) is 0. The second-order valence-electron chi connectivity index (χ2n) is 9.40. The van der Waals surface area contributed by atoms with E-state index in [1.54, 1.807) is 49.4 Å². The van der Waals surface area contributed by atoms with Gasteiger partial charge in [0.05, 0.1) is 11.6 Å². The molecule has 3 aromatic carbocycles. The summed E-state index contributed by atoms with van der Waals surface area (Å²) in [5.74, 6) is -1.53. The first-order chi connectivity index (χ1) is 17.4. The van der Waals surface area contributed by atoms with E-state index in [4.69, 9.17) is 16.3 Å². The van der Waals surface area contributed by atoms with E-state index < -0.39 is 17.5 Å². The monoisotopic (exact) mass is 512 g/mol. The van der Waals surface area contributed by atoms with Gasteiger partial charge in [0.1, 0.15) is 0 Å². The van der Waals surface area contributed by atoms with Crippen molar-refractivity contribution in [2.75, 3.05) is 6.61 Å². The van der Waals surface area contributed by atoms with Gasteiger partial charge in [-0.1, -0.05) is 86.7 Å². The van der Waals surface area contributed by atoms with Gasteiger partial charge >= 0.3 is 0 Å². The zero-order valence-electron chi connectivity index (χ0n) is 20.9. The van der Waals surface area contributed by atoms with Crippen LogP contribution >= 0.6 is 11.6 Å². The maximum absolute atomic E-state index is 15.2. The SMILES string of the molecule is CCCCCC1CC=C(c2ccc(-c3ccc(-c4ccc(OCC)c(F)c4Cl)cc3)c(F)c2F)CC1. The molecule has 0 N–H and O–H groups in total. The molecule has 0 saturated carbocycles. The molecule has 0 fully saturated rings. The summed E-state index contributed by atoms with van der Waals surface area (Å²) in [4.78, 5) is 0. The van der Waals surface area contributed by atoms with Crippen molar-refractivity contribution in [3.8, 4) is 28.0 Å². The molecule has 0 bridgehead atoms. The van der Waals surface area contributed by atoms with Gasteiger partial charge in [0.2, 0.25) is 0 Å². The van der Waals surface area contributed by atoms with Gasteiger partial charge < -0.3 is 4.74 Å². The van der Waals surface area contributed by atoms with Crippen molar-refractivity contribution in [2.24, 2.45) is 5.92 Å². The topological polar surface area (TPSA) is 9.23 Å². The van der Waals surface area contributed by atoms with Crippen LogP contribution in [-0.4, -0.2) is 6.61 Å². The summed E-state index contributed by atoms with van der Waals surface area (Å²) >= 11 is 6.23. The lowest BCUT2D eigenvalue weighted by molar-refractivity contribution is 0.322. The number of allylic oxidation sites excluding steroid dienone is 2. The van der Waals surface area contributed by atoms with E-state index in [1.807, 2.05) is 0 Å². The Hall–Kier alpha value is -2.72. The minimum atomic E-state index is -0.851. The molecule has 0 radical (unpaired) electrons. The van der Waals surface area contributed by atoms with Gasteiger partial charge in [-0.05, 0) is 60.9 Å². The van der Waals surface area contributed by atoms with Crippen LogP contribution in [0.4, 0.5) is 13.2 Å². The van der Waals surface area contributed by atoms with Gasteiger partial charge in [-0.3, -0.25) is 0 Å². The third-order valence-electron chi connectivity index (χ3n) is 7.02. The number of halogens is 4. The molecular formula is C31H32ClF3O. The summed E-state index contributed by atoms with van der Waals surface area (Å²) in [6.45, 7) is 4.30. The zero-order valence-corrected chi connectivity index (χ0v) is 21.6. The summed E-state index contributed by atoms with van der Waals surface area (Å²) in [6.07, 6.45) is 9.72. The molecule has 36 heavy (non-hydrogen) atoms. The van der Waals surface area contributed by atoms with E-state index in [1.165, 1.54) is 31.7 Å². The lowest BCUT2D eigenvalue weighted by atomic mass is 9.83. The number of ether oxygens (including phenoxy) is 1. The maximum atomic E-state index is 15.2. The van der Waals surface area contributed by atoms with Crippen LogP contribution in [0.15, 0.2) is 54.6 Å². The van der Waals surface area contributed by atoms with E-state index in [2.05, 4.69) is 13.0 Å². The molecule has 1 aliphatic rings. The highest BCUT2D eigenvalue weighted by Crippen LogP contribution is 2.38. The van der Waals surface area contributed by atoms with Crippen LogP contribution in [0.2, 0.25) is 5.02 Å². The molecule has 0 saturated heterocycles. The second kappa shape index (κ2) is 12.0. The van der Waals surface area contributed by atoms with Gasteiger partial charge in [-0.15, -0.1) is 0 Å². The highest BCUT2D eigenvalue weighted by molar-refractivity contribution is 6.33.